The molecule has 0 aliphatic rings. The van der Waals surface area contributed by atoms with Crippen LogP contribution in [0.3, 0.4) is 0 Å². The Bertz CT molecular complexity index is 506. The zero-order valence-electron chi connectivity index (χ0n) is 11.6. The Labute approximate surface area is 115 Å². The van der Waals surface area contributed by atoms with E-state index in [-0.39, 0.29) is 6.42 Å². The maximum atomic E-state index is 11.1. The van der Waals surface area contributed by atoms with Gasteiger partial charge in [0.25, 0.3) is 0 Å². The van der Waals surface area contributed by atoms with Crippen LogP contribution in [0.5, 0.6) is 0 Å². The number of hydrogen-bond donors (Lipinski definition) is 1. The van der Waals surface area contributed by atoms with Gasteiger partial charge in [0.05, 0.1) is 0 Å². The molecule has 0 saturated carbocycles. The molecule has 1 aromatic carbocycles. The molecule has 100 valence electrons. The Morgan fingerprint density at radius 2 is 2.00 bits per heavy atom. The van der Waals surface area contributed by atoms with Gasteiger partial charge in [-0.2, -0.15) is 0 Å². The molecule has 0 bridgehead atoms. The molecule has 0 heterocycles. The third kappa shape index (κ3) is 6.58. The van der Waals surface area contributed by atoms with E-state index in [1.54, 1.807) is 6.21 Å². The Morgan fingerprint density at radius 1 is 1.37 bits per heavy atom. The van der Waals surface area contributed by atoms with Crippen molar-refractivity contribution in [3.05, 3.63) is 35.9 Å². The molecule has 0 radical (unpaired) electrons. The summed E-state index contributed by atoms with van der Waals surface area (Å²) in [5, 5.41) is 9.11. The summed E-state index contributed by atoms with van der Waals surface area (Å²) < 4.78 is 0. The molecule has 0 fully saturated rings. The van der Waals surface area contributed by atoms with E-state index in [2.05, 4.69) is 36.1 Å². The van der Waals surface area contributed by atoms with Crippen LogP contribution in [0.15, 0.2) is 35.3 Å². The summed E-state index contributed by atoms with van der Waals surface area (Å²) in [7, 11) is -1.45. The molecular weight excluding hydrogens is 254 g/mol. The number of aliphatic carboxylic acids is 1. The van der Waals surface area contributed by atoms with Gasteiger partial charge in [-0.05, 0) is 5.56 Å². The fourth-order valence-electron chi connectivity index (χ4n) is 1.33. The van der Waals surface area contributed by atoms with Gasteiger partial charge in [0.15, 0.2) is 6.04 Å². The molecule has 0 aromatic heterocycles. The molecular formula is C15H19NO2Si. The number of carboxylic acids is 1. The minimum atomic E-state index is -1.45. The van der Waals surface area contributed by atoms with Gasteiger partial charge in [-0.3, -0.25) is 4.99 Å². The maximum Gasteiger partial charge on any atom is 0.329 e. The molecule has 0 amide bonds. The summed E-state index contributed by atoms with van der Waals surface area (Å²) in [6.45, 7) is 6.38. The number of nitrogens with zero attached hydrogens (tertiary/aromatic N) is 1. The van der Waals surface area contributed by atoms with E-state index in [1.165, 1.54) is 0 Å². The zero-order valence-corrected chi connectivity index (χ0v) is 12.6. The summed E-state index contributed by atoms with van der Waals surface area (Å²) in [6.07, 6.45) is 1.86. The van der Waals surface area contributed by atoms with Gasteiger partial charge in [-0.15, -0.1) is 11.5 Å². The first kappa shape index (κ1) is 15.2. The normalized spacial score (nSPS) is 12.8. The van der Waals surface area contributed by atoms with Crippen LogP contribution in [0.25, 0.3) is 0 Å². The fourth-order valence-corrected chi connectivity index (χ4v) is 1.96. The number of aliphatic imine (C=N–C) groups is 1. The lowest BCUT2D eigenvalue weighted by atomic mass is 10.2. The van der Waals surface area contributed by atoms with E-state index in [4.69, 9.17) is 5.11 Å². The van der Waals surface area contributed by atoms with E-state index in [1.807, 2.05) is 30.3 Å². The first-order chi connectivity index (χ1) is 8.88. The average molecular weight is 273 g/mol. The highest BCUT2D eigenvalue weighted by Crippen LogP contribution is 2.02. The highest BCUT2D eigenvalue weighted by Gasteiger charge is 2.14. The average Bonchev–Trinajstić information content (AvgIpc) is 2.33. The first-order valence-electron chi connectivity index (χ1n) is 6.19. The highest BCUT2D eigenvalue weighted by atomic mass is 28.3. The molecule has 1 unspecified atom stereocenters. The predicted molar refractivity (Wildman–Crippen MR) is 81.2 cm³/mol. The van der Waals surface area contributed by atoms with E-state index in [9.17, 15) is 4.79 Å². The van der Waals surface area contributed by atoms with Crippen molar-refractivity contribution in [1.82, 2.24) is 0 Å². The van der Waals surface area contributed by atoms with Crippen LogP contribution in [0.1, 0.15) is 12.0 Å². The zero-order chi connectivity index (χ0) is 14.3. The van der Waals surface area contributed by atoms with E-state index in [0.29, 0.717) is 0 Å². The Morgan fingerprint density at radius 3 is 2.53 bits per heavy atom. The molecule has 1 atom stereocenters. The van der Waals surface area contributed by atoms with E-state index < -0.39 is 20.1 Å². The molecule has 1 aromatic rings. The summed E-state index contributed by atoms with van der Waals surface area (Å²) in [5.41, 5.74) is 4.05. The summed E-state index contributed by atoms with van der Waals surface area (Å²) >= 11 is 0. The van der Waals surface area contributed by atoms with Crippen molar-refractivity contribution in [1.29, 1.82) is 0 Å². The molecule has 1 rings (SSSR count). The predicted octanol–water partition coefficient (Wildman–Crippen LogP) is 2.83. The SMILES string of the molecule is C[Si](C)(C)C#CCC(N=Cc1ccccc1)C(=O)O. The molecule has 3 nitrogen and oxygen atoms in total. The molecule has 19 heavy (non-hydrogen) atoms. The van der Waals surface area contributed by atoms with Gasteiger partial charge in [0.1, 0.15) is 8.07 Å². The lowest BCUT2D eigenvalue weighted by Gasteiger charge is -2.05. The summed E-state index contributed by atoms with van der Waals surface area (Å²) in [4.78, 5) is 15.2. The van der Waals surface area contributed by atoms with Gasteiger partial charge >= 0.3 is 5.97 Å². The molecule has 0 aliphatic heterocycles. The van der Waals surface area contributed by atoms with Crippen LogP contribution in [0.4, 0.5) is 0 Å². The van der Waals surface area contributed by atoms with Crippen molar-refractivity contribution >= 4 is 20.3 Å². The third-order valence-electron chi connectivity index (χ3n) is 2.25. The number of carboxylic acid groups (broad SMARTS) is 1. The van der Waals surface area contributed by atoms with Crippen LogP contribution >= 0.6 is 0 Å². The minimum Gasteiger partial charge on any atom is -0.480 e. The van der Waals surface area contributed by atoms with Crippen molar-refractivity contribution in [3.8, 4) is 11.5 Å². The summed E-state index contributed by atoms with van der Waals surface area (Å²) in [5.74, 6) is 2.03. The molecule has 4 heteroatoms. The standard InChI is InChI=1S/C15H19NO2Si/c1-19(2,3)11-7-10-14(15(17)18)16-12-13-8-5-4-6-9-13/h4-6,8-9,12,14H,10H2,1-3H3,(H,17,18). The van der Waals surface area contributed by atoms with E-state index >= 15 is 0 Å². The quantitative estimate of drug-likeness (QED) is 0.521. The van der Waals surface area contributed by atoms with Crippen molar-refractivity contribution in [2.75, 3.05) is 0 Å². The molecule has 1 N–H and O–H groups in total. The van der Waals surface area contributed by atoms with Crippen LogP contribution in [0.2, 0.25) is 19.6 Å². The van der Waals surface area contributed by atoms with E-state index in [0.717, 1.165) is 5.56 Å². The van der Waals surface area contributed by atoms with Gasteiger partial charge in [-0.25, -0.2) is 4.79 Å². The number of hydrogen-bond acceptors (Lipinski definition) is 2. The van der Waals surface area contributed by atoms with Crippen LogP contribution < -0.4 is 0 Å². The van der Waals surface area contributed by atoms with Crippen LogP contribution in [0, 0.1) is 11.5 Å². The third-order valence-corrected chi connectivity index (χ3v) is 3.17. The Balaban J connectivity index is 2.71. The van der Waals surface area contributed by atoms with Crippen molar-refractivity contribution in [2.45, 2.75) is 32.1 Å². The molecule has 0 aliphatic carbocycles. The lowest BCUT2D eigenvalue weighted by molar-refractivity contribution is -0.138. The molecule has 0 spiro atoms. The monoisotopic (exact) mass is 273 g/mol. The van der Waals surface area contributed by atoms with Crippen molar-refractivity contribution < 1.29 is 9.90 Å². The second-order valence-corrected chi connectivity index (χ2v) is 10.0. The largest absolute Gasteiger partial charge is 0.480 e. The number of rotatable bonds is 4. The first-order valence-corrected chi connectivity index (χ1v) is 9.69. The highest BCUT2D eigenvalue weighted by molar-refractivity contribution is 6.83. The van der Waals surface area contributed by atoms with Crippen LogP contribution in [-0.2, 0) is 4.79 Å². The van der Waals surface area contributed by atoms with Gasteiger partial charge in [-0.1, -0.05) is 50.0 Å². The number of benzene rings is 1. The Kier molecular flexibility index (Phi) is 5.52. The van der Waals surface area contributed by atoms with Crippen LogP contribution in [-0.4, -0.2) is 31.4 Å². The topological polar surface area (TPSA) is 49.7 Å². The maximum absolute atomic E-state index is 11.1. The van der Waals surface area contributed by atoms with Gasteiger partial charge < -0.3 is 5.11 Å². The van der Waals surface area contributed by atoms with Gasteiger partial charge in [0, 0.05) is 12.6 Å². The smallest absolute Gasteiger partial charge is 0.329 e. The minimum absolute atomic E-state index is 0.267. The number of carbonyl (C=O) groups is 1. The summed E-state index contributed by atoms with van der Waals surface area (Å²) in [6, 6.07) is 8.67. The second kappa shape index (κ2) is 6.91. The van der Waals surface area contributed by atoms with Crippen molar-refractivity contribution in [3.63, 3.8) is 0 Å². The fraction of sp³-hybridized carbons (Fsp3) is 0.333. The second-order valence-electron chi connectivity index (χ2n) is 5.30. The lowest BCUT2D eigenvalue weighted by Crippen LogP contribution is -2.19. The Hall–Kier alpha value is -1.86. The van der Waals surface area contributed by atoms with Crippen molar-refractivity contribution in [2.24, 2.45) is 4.99 Å². The molecule has 0 saturated heterocycles. The van der Waals surface area contributed by atoms with Gasteiger partial charge in [0.2, 0.25) is 0 Å².